The number of carbonyl (C=O) groups excluding carboxylic acids is 1. The van der Waals surface area contributed by atoms with Crippen LogP contribution in [0.25, 0.3) is 0 Å². The van der Waals surface area contributed by atoms with Gasteiger partial charge in [0.1, 0.15) is 12.4 Å². The number of hydrogen-bond donors (Lipinski definition) is 2. The Morgan fingerprint density at radius 2 is 1.83 bits per heavy atom. The number of benzene rings is 2. The fourth-order valence-electron chi connectivity index (χ4n) is 2.78. The third-order valence-corrected chi connectivity index (χ3v) is 4.49. The maximum Gasteiger partial charge on any atom is 0.237 e. The van der Waals surface area contributed by atoms with Crippen molar-refractivity contribution < 1.29 is 18.7 Å². The topological polar surface area (TPSA) is 72.7 Å². The van der Waals surface area contributed by atoms with Gasteiger partial charge in [-0.15, -0.1) is 0 Å². The summed E-state index contributed by atoms with van der Waals surface area (Å²) in [5.74, 6) is 1.98. The first-order valence-electron chi connectivity index (χ1n) is 9.53. The zero-order chi connectivity index (χ0) is 20.5. The summed E-state index contributed by atoms with van der Waals surface area (Å²) in [6.07, 6.45) is 1.59. The number of rotatable bonds is 10. The molecule has 1 aromatic heterocycles. The van der Waals surface area contributed by atoms with Crippen molar-refractivity contribution in [3.8, 4) is 11.5 Å². The van der Waals surface area contributed by atoms with E-state index in [0.29, 0.717) is 31.2 Å². The summed E-state index contributed by atoms with van der Waals surface area (Å²) in [5.41, 5.74) is 2.08. The molecule has 0 saturated carbocycles. The van der Waals surface area contributed by atoms with Gasteiger partial charge in [-0.25, -0.2) is 0 Å². The molecule has 0 bridgehead atoms. The van der Waals surface area contributed by atoms with Crippen molar-refractivity contribution in [1.82, 2.24) is 10.6 Å². The van der Waals surface area contributed by atoms with Gasteiger partial charge >= 0.3 is 0 Å². The van der Waals surface area contributed by atoms with Crippen molar-refractivity contribution >= 4 is 5.91 Å². The van der Waals surface area contributed by atoms with E-state index in [1.807, 2.05) is 61.5 Å². The minimum atomic E-state index is -0.347. The molecule has 6 nitrogen and oxygen atoms in total. The molecule has 0 aliphatic carbocycles. The number of furan rings is 1. The van der Waals surface area contributed by atoms with Crippen LogP contribution in [0.3, 0.4) is 0 Å². The molecule has 0 aliphatic heterocycles. The Kier molecular flexibility index (Phi) is 7.30. The number of carbonyl (C=O) groups is 1. The summed E-state index contributed by atoms with van der Waals surface area (Å²) in [7, 11) is 1.62. The second kappa shape index (κ2) is 10.3. The zero-order valence-electron chi connectivity index (χ0n) is 16.7. The van der Waals surface area contributed by atoms with Crippen LogP contribution < -0.4 is 20.1 Å². The van der Waals surface area contributed by atoms with Gasteiger partial charge in [0.05, 0.1) is 26.0 Å². The number of ether oxygens (including phenoxy) is 2. The lowest BCUT2D eigenvalue weighted by Crippen LogP contribution is -2.41. The van der Waals surface area contributed by atoms with E-state index in [4.69, 9.17) is 13.9 Å². The quantitative estimate of drug-likeness (QED) is 0.549. The molecule has 6 heteroatoms. The molecule has 1 amide bonds. The van der Waals surface area contributed by atoms with Crippen LogP contribution in [0.2, 0.25) is 0 Å². The minimum Gasteiger partial charge on any atom is -0.493 e. The Bertz CT molecular complexity index is 895. The smallest absolute Gasteiger partial charge is 0.237 e. The Balaban J connectivity index is 1.53. The van der Waals surface area contributed by atoms with Gasteiger partial charge in [-0.3, -0.25) is 4.79 Å². The summed E-state index contributed by atoms with van der Waals surface area (Å²) < 4.78 is 16.6. The van der Waals surface area contributed by atoms with Crippen LogP contribution in [0.15, 0.2) is 71.3 Å². The lowest BCUT2D eigenvalue weighted by molar-refractivity contribution is -0.123. The maximum absolute atomic E-state index is 12.2. The fraction of sp³-hybridized carbons (Fsp3) is 0.261. The van der Waals surface area contributed by atoms with E-state index >= 15 is 0 Å². The van der Waals surface area contributed by atoms with Gasteiger partial charge in [-0.2, -0.15) is 0 Å². The average Bonchev–Trinajstić information content (AvgIpc) is 3.28. The van der Waals surface area contributed by atoms with Gasteiger partial charge in [0, 0.05) is 6.54 Å². The Morgan fingerprint density at radius 3 is 2.55 bits per heavy atom. The predicted molar refractivity (Wildman–Crippen MR) is 111 cm³/mol. The monoisotopic (exact) mass is 394 g/mol. The van der Waals surface area contributed by atoms with Crippen LogP contribution in [-0.4, -0.2) is 19.1 Å². The van der Waals surface area contributed by atoms with E-state index in [9.17, 15) is 4.79 Å². The molecule has 2 N–H and O–H groups in total. The highest BCUT2D eigenvalue weighted by Crippen LogP contribution is 2.29. The number of hydrogen-bond acceptors (Lipinski definition) is 5. The highest BCUT2D eigenvalue weighted by Gasteiger charge is 2.13. The van der Waals surface area contributed by atoms with Gasteiger partial charge in [-0.1, -0.05) is 36.4 Å². The van der Waals surface area contributed by atoms with Crippen LogP contribution in [0.4, 0.5) is 0 Å². The van der Waals surface area contributed by atoms with Gasteiger partial charge in [-0.05, 0) is 42.3 Å². The molecule has 0 spiro atoms. The van der Waals surface area contributed by atoms with E-state index < -0.39 is 0 Å². The van der Waals surface area contributed by atoms with Crippen molar-refractivity contribution in [2.45, 2.75) is 32.7 Å². The molecule has 1 heterocycles. The molecule has 0 saturated heterocycles. The molecule has 0 radical (unpaired) electrons. The molecule has 0 aliphatic rings. The largest absolute Gasteiger partial charge is 0.493 e. The first kappa shape index (κ1) is 20.5. The van der Waals surface area contributed by atoms with Gasteiger partial charge in [0.15, 0.2) is 11.5 Å². The average molecular weight is 394 g/mol. The molecule has 152 valence electrons. The van der Waals surface area contributed by atoms with E-state index in [1.165, 1.54) is 0 Å². The molecule has 2 aromatic carbocycles. The third kappa shape index (κ3) is 6.12. The van der Waals surface area contributed by atoms with Crippen LogP contribution in [0.5, 0.6) is 11.5 Å². The van der Waals surface area contributed by atoms with Gasteiger partial charge in [0.2, 0.25) is 5.91 Å². The molecule has 1 atom stereocenters. The third-order valence-electron chi connectivity index (χ3n) is 4.49. The summed E-state index contributed by atoms with van der Waals surface area (Å²) in [4.78, 5) is 12.2. The van der Waals surface area contributed by atoms with Crippen LogP contribution in [0, 0.1) is 0 Å². The van der Waals surface area contributed by atoms with Crippen molar-refractivity contribution in [3.05, 3.63) is 83.8 Å². The van der Waals surface area contributed by atoms with Crippen molar-refractivity contribution in [1.29, 1.82) is 0 Å². The Labute approximate surface area is 170 Å². The van der Waals surface area contributed by atoms with Crippen LogP contribution in [0.1, 0.15) is 23.8 Å². The molecule has 3 aromatic rings. The molecule has 1 unspecified atom stereocenters. The molecular formula is C23H26N2O4. The second-order valence-corrected chi connectivity index (χ2v) is 6.66. The van der Waals surface area contributed by atoms with Crippen LogP contribution >= 0.6 is 0 Å². The van der Waals surface area contributed by atoms with Crippen molar-refractivity contribution in [2.24, 2.45) is 0 Å². The maximum atomic E-state index is 12.2. The standard InChI is InChI=1S/C23H26N2O4/c1-17(23(26)25-15-20-9-6-12-28-20)24-14-19-10-11-21(27-2)22(13-19)29-16-18-7-4-3-5-8-18/h3-13,17,24H,14-16H2,1-2H3,(H,25,26). The normalized spacial score (nSPS) is 11.7. The minimum absolute atomic E-state index is 0.0875. The second-order valence-electron chi connectivity index (χ2n) is 6.66. The van der Waals surface area contributed by atoms with E-state index in [1.54, 1.807) is 19.4 Å². The summed E-state index contributed by atoms with van der Waals surface area (Å²) in [6.45, 7) is 3.19. The van der Waals surface area contributed by atoms with E-state index in [0.717, 1.165) is 16.9 Å². The first-order valence-corrected chi connectivity index (χ1v) is 9.53. The van der Waals surface area contributed by atoms with Crippen molar-refractivity contribution in [3.63, 3.8) is 0 Å². The summed E-state index contributed by atoms with van der Waals surface area (Å²) in [5, 5.41) is 6.08. The summed E-state index contributed by atoms with van der Waals surface area (Å²) in [6, 6.07) is 19.0. The lowest BCUT2D eigenvalue weighted by Gasteiger charge is -2.15. The fourth-order valence-corrected chi connectivity index (χ4v) is 2.78. The van der Waals surface area contributed by atoms with Gasteiger partial charge in [0.25, 0.3) is 0 Å². The molecular weight excluding hydrogens is 368 g/mol. The zero-order valence-corrected chi connectivity index (χ0v) is 16.7. The molecule has 3 rings (SSSR count). The number of methoxy groups -OCH3 is 1. The van der Waals surface area contributed by atoms with E-state index in [-0.39, 0.29) is 11.9 Å². The Morgan fingerprint density at radius 1 is 1.00 bits per heavy atom. The predicted octanol–water partition coefficient (Wildman–Crippen LogP) is 3.66. The first-order chi connectivity index (χ1) is 14.2. The molecule has 0 fully saturated rings. The highest BCUT2D eigenvalue weighted by atomic mass is 16.5. The number of nitrogens with one attached hydrogen (secondary N) is 2. The van der Waals surface area contributed by atoms with Gasteiger partial charge < -0.3 is 24.5 Å². The Hall–Kier alpha value is -3.25. The highest BCUT2D eigenvalue weighted by molar-refractivity contribution is 5.81. The van der Waals surface area contributed by atoms with E-state index in [2.05, 4.69) is 10.6 Å². The summed E-state index contributed by atoms with van der Waals surface area (Å²) >= 11 is 0. The lowest BCUT2D eigenvalue weighted by atomic mass is 10.2. The number of amides is 1. The van der Waals surface area contributed by atoms with Crippen LogP contribution in [-0.2, 0) is 24.5 Å². The molecule has 29 heavy (non-hydrogen) atoms. The van der Waals surface area contributed by atoms with Crippen molar-refractivity contribution in [2.75, 3.05) is 7.11 Å². The SMILES string of the molecule is COc1ccc(CNC(C)C(=O)NCc2ccco2)cc1OCc1ccccc1.